The summed E-state index contributed by atoms with van der Waals surface area (Å²) < 4.78 is 4.94. The molecule has 1 saturated heterocycles. The van der Waals surface area contributed by atoms with Gasteiger partial charge in [0.05, 0.1) is 0 Å². The minimum absolute atomic E-state index is 0. The van der Waals surface area contributed by atoms with Crippen LogP contribution in [-0.2, 0) is 10.2 Å². The van der Waals surface area contributed by atoms with Crippen LogP contribution in [0, 0.1) is 6.07 Å². The third-order valence-corrected chi connectivity index (χ3v) is 2.41. The fourth-order valence-electron chi connectivity index (χ4n) is 1.40. The van der Waals surface area contributed by atoms with Crippen LogP contribution in [0.3, 0.4) is 0 Å². The van der Waals surface area contributed by atoms with E-state index in [4.69, 9.17) is 4.74 Å². The molecule has 1 aliphatic heterocycles. The summed E-state index contributed by atoms with van der Waals surface area (Å²) in [6.07, 6.45) is 2.56. The number of hydrogen-bond donors (Lipinski definition) is 0. The van der Waals surface area contributed by atoms with Crippen molar-refractivity contribution in [2.75, 3.05) is 13.2 Å². The molecule has 2 rings (SSSR count). The Balaban J connectivity index is 0.000000318. The molecule has 0 radical (unpaired) electrons. The summed E-state index contributed by atoms with van der Waals surface area (Å²) in [5.41, 5.74) is 1.64. The van der Waals surface area contributed by atoms with Gasteiger partial charge in [-0.2, -0.15) is 35.9 Å². The van der Waals surface area contributed by atoms with E-state index < -0.39 is 0 Å². The fourth-order valence-corrected chi connectivity index (χ4v) is 1.40. The zero-order valence-electron chi connectivity index (χ0n) is 11.0. The summed E-state index contributed by atoms with van der Waals surface area (Å²) in [6, 6.07) is 11.1. The van der Waals surface area contributed by atoms with E-state index in [-0.39, 0.29) is 24.3 Å². The van der Waals surface area contributed by atoms with E-state index in [1.807, 2.05) is 12.1 Å². The largest absolute Gasteiger partial charge is 1.00 e. The average molecular weight is 212 g/mol. The molecule has 16 heavy (non-hydrogen) atoms. The first kappa shape index (κ1) is 15.8. The number of hydrogen-bond acceptors (Lipinski definition) is 1. The molecular weight excluding hydrogens is 191 g/mol. The Hall–Kier alpha value is -0.223. The van der Waals surface area contributed by atoms with Crippen LogP contribution in [0.25, 0.3) is 0 Å². The second kappa shape index (κ2) is 7.96. The predicted octanol–water partition coefficient (Wildman–Crippen LogP) is 0.585. The Morgan fingerprint density at radius 2 is 1.56 bits per heavy atom. The standard InChI is InChI=1S/C10H13.C4H8O.Li/c1-10(2,3)9-7-5-4-6-8-9;1-2-4-5-3-1;/h5-8H,1-3H3;1-4H2;/q-1;;+1. The molecule has 1 nitrogen and oxygen atoms in total. The molecule has 1 aromatic carbocycles. The van der Waals surface area contributed by atoms with Crippen LogP contribution < -0.4 is 18.9 Å². The van der Waals surface area contributed by atoms with Crippen molar-refractivity contribution < 1.29 is 23.6 Å². The van der Waals surface area contributed by atoms with Crippen molar-refractivity contribution in [1.29, 1.82) is 0 Å². The van der Waals surface area contributed by atoms with Crippen LogP contribution >= 0.6 is 0 Å². The van der Waals surface area contributed by atoms with Crippen molar-refractivity contribution >= 4 is 0 Å². The van der Waals surface area contributed by atoms with Gasteiger partial charge in [-0.3, -0.25) is 0 Å². The van der Waals surface area contributed by atoms with E-state index in [0.29, 0.717) is 0 Å². The summed E-state index contributed by atoms with van der Waals surface area (Å²) in [4.78, 5) is 0. The summed E-state index contributed by atoms with van der Waals surface area (Å²) in [5.74, 6) is 0. The molecule has 1 fully saturated rings. The first-order valence-electron chi connectivity index (χ1n) is 5.65. The molecule has 0 saturated carbocycles. The minimum atomic E-state index is 0. The molecule has 0 spiro atoms. The summed E-state index contributed by atoms with van der Waals surface area (Å²) in [5, 5.41) is 0. The van der Waals surface area contributed by atoms with Gasteiger partial charge in [0.1, 0.15) is 0 Å². The Kier molecular flexibility index (Phi) is 7.84. The topological polar surface area (TPSA) is 9.23 Å². The van der Waals surface area contributed by atoms with Gasteiger partial charge in [-0.25, -0.2) is 0 Å². The second-order valence-electron chi connectivity index (χ2n) is 4.86. The minimum Gasteiger partial charge on any atom is -0.381 e. The Morgan fingerprint density at radius 1 is 1.06 bits per heavy atom. The van der Waals surface area contributed by atoms with Crippen LogP contribution in [0.4, 0.5) is 0 Å². The Bertz CT molecular complexity index is 252. The second-order valence-corrected chi connectivity index (χ2v) is 4.86. The van der Waals surface area contributed by atoms with Gasteiger partial charge in [-0.1, -0.05) is 20.8 Å². The smallest absolute Gasteiger partial charge is 0.381 e. The third kappa shape index (κ3) is 6.38. The fraction of sp³-hybridized carbons (Fsp3) is 0.571. The van der Waals surface area contributed by atoms with Crippen molar-refractivity contribution in [3.05, 3.63) is 35.9 Å². The Labute approximate surface area is 112 Å². The van der Waals surface area contributed by atoms with Crippen LogP contribution in [-0.4, -0.2) is 13.2 Å². The predicted molar refractivity (Wildman–Crippen MR) is 64.0 cm³/mol. The maximum absolute atomic E-state index is 4.94. The molecule has 0 atom stereocenters. The zero-order chi connectivity index (χ0) is 11.1. The van der Waals surface area contributed by atoms with E-state index in [1.54, 1.807) is 0 Å². The number of rotatable bonds is 0. The molecule has 1 aromatic rings. The monoisotopic (exact) mass is 212 g/mol. The molecule has 0 N–H and O–H groups in total. The van der Waals surface area contributed by atoms with Crippen molar-refractivity contribution in [2.24, 2.45) is 0 Å². The molecule has 0 aromatic heterocycles. The van der Waals surface area contributed by atoms with Crippen molar-refractivity contribution in [3.63, 3.8) is 0 Å². The van der Waals surface area contributed by atoms with Gasteiger partial charge in [0.15, 0.2) is 0 Å². The SMILES string of the molecule is C1CCOC1.CC(C)(C)c1cc[c-]cc1.[Li+]. The zero-order valence-corrected chi connectivity index (χ0v) is 11.0. The normalized spacial score (nSPS) is 14.7. The number of ether oxygens (including phenoxy) is 1. The van der Waals surface area contributed by atoms with Crippen LogP contribution in [0.1, 0.15) is 39.2 Å². The molecule has 0 amide bonds. The summed E-state index contributed by atoms with van der Waals surface area (Å²) in [7, 11) is 0. The molecule has 84 valence electrons. The van der Waals surface area contributed by atoms with E-state index in [0.717, 1.165) is 13.2 Å². The molecule has 2 heteroatoms. The van der Waals surface area contributed by atoms with Crippen molar-refractivity contribution in [2.45, 2.75) is 39.0 Å². The van der Waals surface area contributed by atoms with Gasteiger partial charge < -0.3 is 4.74 Å². The van der Waals surface area contributed by atoms with Crippen LogP contribution in [0.5, 0.6) is 0 Å². The first-order valence-corrected chi connectivity index (χ1v) is 5.65. The van der Waals surface area contributed by atoms with Gasteiger partial charge in [-0.05, 0) is 18.3 Å². The first-order chi connectivity index (χ1) is 7.11. The summed E-state index contributed by atoms with van der Waals surface area (Å²) >= 11 is 0. The average Bonchev–Trinajstić information content (AvgIpc) is 2.76. The molecule has 1 aliphatic rings. The third-order valence-electron chi connectivity index (χ3n) is 2.41. The van der Waals surface area contributed by atoms with Crippen LogP contribution in [0.2, 0.25) is 0 Å². The molecular formula is C14H21LiO. The van der Waals surface area contributed by atoms with Gasteiger partial charge in [0.25, 0.3) is 0 Å². The molecule has 0 unspecified atom stereocenters. The van der Waals surface area contributed by atoms with Gasteiger partial charge in [0.2, 0.25) is 0 Å². The molecule has 0 aliphatic carbocycles. The van der Waals surface area contributed by atoms with E-state index in [1.165, 1.54) is 18.4 Å². The summed E-state index contributed by atoms with van der Waals surface area (Å²) in [6.45, 7) is 8.63. The Morgan fingerprint density at radius 3 is 1.81 bits per heavy atom. The van der Waals surface area contributed by atoms with E-state index in [9.17, 15) is 0 Å². The number of benzene rings is 1. The quantitative estimate of drug-likeness (QED) is 0.451. The van der Waals surface area contributed by atoms with E-state index >= 15 is 0 Å². The maximum Gasteiger partial charge on any atom is 1.00 e. The van der Waals surface area contributed by atoms with Gasteiger partial charge in [-0.15, -0.1) is 0 Å². The molecule has 1 heterocycles. The maximum atomic E-state index is 4.94. The molecule has 0 bridgehead atoms. The van der Waals surface area contributed by atoms with E-state index in [2.05, 4.69) is 39.0 Å². The van der Waals surface area contributed by atoms with Gasteiger partial charge in [0, 0.05) is 13.2 Å². The van der Waals surface area contributed by atoms with Crippen molar-refractivity contribution in [1.82, 2.24) is 0 Å². The van der Waals surface area contributed by atoms with Gasteiger partial charge >= 0.3 is 18.9 Å². The van der Waals surface area contributed by atoms with Crippen LogP contribution in [0.15, 0.2) is 24.3 Å². The van der Waals surface area contributed by atoms with Crippen molar-refractivity contribution in [3.8, 4) is 0 Å².